The van der Waals surface area contributed by atoms with Crippen LogP contribution in [0.25, 0.3) is 0 Å². The molecule has 2 N–H and O–H groups in total. The topological polar surface area (TPSA) is 122 Å². The van der Waals surface area contributed by atoms with Crippen LogP contribution < -0.4 is 4.72 Å². The number of hydrogen-bond acceptors (Lipinski definition) is 8. The molecule has 3 aromatic rings. The maximum atomic E-state index is 15.0. The van der Waals surface area contributed by atoms with E-state index in [-0.39, 0.29) is 10.9 Å². The number of hydrogen-bond donors (Lipinski definition) is 2. The van der Waals surface area contributed by atoms with E-state index < -0.39 is 55.1 Å². The van der Waals surface area contributed by atoms with Gasteiger partial charge in [-0.05, 0) is 36.6 Å². The molecule has 0 radical (unpaired) electrons. The predicted molar refractivity (Wildman–Crippen MR) is 110 cm³/mol. The maximum absolute atomic E-state index is 15.0. The molecule has 0 fully saturated rings. The van der Waals surface area contributed by atoms with Crippen molar-refractivity contribution in [3.8, 4) is 0 Å². The van der Waals surface area contributed by atoms with E-state index >= 15 is 4.39 Å². The Morgan fingerprint density at radius 1 is 1.09 bits per heavy atom. The van der Waals surface area contributed by atoms with Crippen LogP contribution in [0.4, 0.5) is 18.9 Å². The van der Waals surface area contributed by atoms with Gasteiger partial charge in [0.15, 0.2) is 21.6 Å². The average molecular weight is 482 g/mol. The van der Waals surface area contributed by atoms with Gasteiger partial charge in [0.25, 0.3) is 10.0 Å². The lowest BCUT2D eigenvalue weighted by molar-refractivity contribution is 0.105. The van der Waals surface area contributed by atoms with Crippen molar-refractivity contribution < 1.29 is 31.6 Å². The van der Waals surface area contributed by atoms with E-state index in [9.17, 15) is 27.2 Å². The molecule has 2 aromatic carbocycles. The Balaban J connectivity index is 2.00. The molecule has 0 unspecified atom stereocenters. The normalized spacial score (nSPS) is 11.9. The summed E-state index contributed by atoms with van der Waals surface area (Å²) in [6.07, 6.45) is 2.97. The first-order chi connectivity index (χ1) is 15.2. The molecule has 1 heterocycles. The minimum atomic E-state index is -4.88. The number of nitrogens with zero attached hydrogens (tertiary/aromatic N) is 3. The van der Waals surface area contributed by atoms with Crippen LogP contribution in [0.15, 0.2) is 63.9 Å². The molecule has 32 heavy (non-hydrogen) atoms. The third-order valence-corrected chi connectivity index (χ3v) is 6.03. The number of aromatic nitrogens is 2. The number of sulfonamides is 1. The monoisotopic (exact) mass is 482 g/mol. The zero-order chi connectivity index (χ0) is 23.5. The fourth-order valence-corrected chi connectivity index (χ4v) is 4.19. The molecule has 0 aliphatic heterocycles. The summed E-state index contributed by atoms with van der Waals surface area (Å²) in [5, 5.41) is 12.5. The van der Waals surface area contributed by atoms with Gasteiger partial charge in [-0.3, -0.25) is 9.52 Å². The van der Waals surface area contributed by atoms with Crippen LogP contribution in [0.1, 0.15) is 16.1 Å². The first kappa shape index (κ1) is 23.2. The van der Waals surface area contributed by atoms with Crippen LogP contribution in [0.2, 0.25) is 0 Å². The van der Waals surface area contributed by atoms with Crippen molar-refractivity contribution in [2.24, 2.45) is 5.16 Å². The number of anilines is 1. The summed E-state index contributed by atoms with van der Waals surface area (Å²) in [5.41, 5.74) is -2.14. The molecule has 0 saturated heterocycles. The van der Waals surface area contributed by atoms with Crippen LogP contribution in [-0.2, 0) is 10.0 Å². The van der Waals surface area contributed by atoms with E-state index in [0.717, 1.165) is 48.2 Å². The number of Topliss-reactive ketones (excluding diaryl/α,β-unsaturated/α-hetero) is 1. The molecule has 0 bridgehead atoms. The highest BCUT2D eigenvalue weighted by molar-refractivity contribution is 7.98. The summed E-state index contributed by atoms with van der Waals surface area (Å²) in [5.74, 6) is -5.23. The van der Waals surface area contributed by atoms with E-state index in [4.69, 9.17) is 0 Å². The fraction of sp³-hybridized carbons (Fsp3) is 0.0526. The lowest BCUT2D eigenvalue weighted by Crippen LogP contribution is -2.21. The minimum absolute atomic E-state index is 0.101. The summed E-state index contributed by atoms with van der Waals surface area (Å²) in [6.45, 7) is 0. The Morgan fingerprint density at radius 3 is 2.38 bits per heavy atom. The van der Waals surface area contributed by atoms with Gasteiger partial charge in [-0.1, -0.05) is 29.1 Å². The SMILES string of the molecule is CSc1nccc(/C(=N\O)C(=O)c2cccc(NS(=O)(=O)c3c(F)cccc3F)c2F)n1. The van der Waals surface area contributed by atoms with Crippen LogP contribution in [0, 0.1) is 17.5 Å². The largest absolute Gasteiger partial charge is 0.410 e. The van der Waals surface area contributed by atoms with Crippen molar-refractivity contribution in [2.75, 3.05) is 11.0 Å². The lowest BCUT2D eigenvalue weighted by atomic mass is 10.0. The number of thioether (sulfide) groups is 1. The predicted octanol–water partition coefficient (Wildman–Crippen LogP) is 3.48. The highest BCUT2D eigenvalue weighted by atomic mass is 32.2. The zero-order valence-corrected chi connectivity index (χ0v) is 17.7. The van der Waals surface area contributed by atoms with Crippen molar-refractivity contribution in [1.29, 1.82) is 0 Å². The summed E-state index contributed by atoms with van der Waals surface area (Å²) in [7, 11) is -4.88. The van der Waals surface area contributed by atoms with Gasteiger partial charge in [-0.25, -0.2) is 31.6 Å². The molecular formula is C19H13F3N4O4S2. The van der Waals surface area contributed by atoms with Gasteiger partial charge in [-0.2, -0.15) is 0 Å². The molecule has 13 heteroatoms. The van der Waals surface area contributed by atoms with Crippen LogP contribution in [-0.4, -0.2) is 41.3 Å². The fourth-order valence-electron chi connectivity index (χ4n) is 2.63. The number of carbonyl (C=O) groups is 1. The second-order valence-corrected chi connectivity index (χ2v) is 8.42. The Morgan fingerprint density at radius 2 is 1.75 bits per heavy atom. The van der Waals surface area contributed by atoms with E-state index in [2.05, 4.69) is 15.1 Å². The number of ketones is 1. The molecule has 0 aliphatic carbocycles. The lowest BCUT2D eigenvalue weighted by Gasteiger charge is -2.12. The van der Waals surface area contributed by atoms with Crippen molar-refractivity contribution in [1.82, 2.24) is 9.97 Å². The molecule has 3 rings (SSSR count). The number of oxime groups is 1. The second kappa shape index (κ2) is 9.36. The minimum Gasteiger partial charge on any atom is -0.410 e. The molecule has 8 nitrogen and oxygen atoms in total. The van der Waals surface area contributed by atoms with Gasteiger partial charge in [-0.15, -0.1) is 0 Å². The van der Waals surface area contributed by atoms with E-state index in [1.807, 2.05) is 0 Å². The first-order valence-corrected chi connectivity index (χ1v) is 11.3. The molecule has 166 valence electrons. The van der Waals surface area contributed by atoms with E-state index in [0.29, 0.717) is 0 Å². The first-order valence-electron chi connectivity index (χ1n) is 8.59. The smallest absolute Gasteiger partial charge is 0.267 e. The average Bonchev–Trinajstić information content (AvgIpc) is 2.75. The van der Waals surface area contributed by atoms with Crippen molar-refractivity contribution in [3.63, 3.8) is 0 Å². The number of halogens is 3. The van der Waals surface area contributed by atoms with Crippen LogP contribution >= 0.6 is 11.8 Å². The Hall–Kier alpha value is -3.45. The quantitative estimate of drug-likeness (QED) is 0.132. The third-order valence-electron chi connectivity index (χ3n) is 4.05. The zero-order valence-electron chi connectivity index (χ0n) is 16.1. The van der Waals surface area contributed by atoms with Crippen molar-refractivity contribution in [2.45, 2.75) is 10.1 Å². The molecule has 0 spiro atoms. The van der Waals surface area contributed by atoms with Crippen LogP contribution in [0.5, 0.6) is 0 Å². The van der Waals surface area contributed by atoms with Gasteiger partial charge in [0.1, 0.15) is 17.3 Å². The Bertz CT molecular complexity index is 1310. The molecule has 0 saturated carbocycles. The van der Waals surface area contributed by atoms with E-state index in [1.165, 1.54) is 12.3 Å². The van der Waals surface area contributed by atoms with Gasteiger partial charge in [0.05, 0.1) is 11.3 Å². The van der Waals surface area contributed by atoms with Gasteiger partial charge >= 0.3 is 0 Å². The highest BCUT2D eigenvalue weighted by Gasteiger charge is 2.28. The molecule has 0 aliphatic rings. The molecular weight excluding hydrogens is 469 g/mol. The summed E-state index contributed by atoms with van der Waals surface area (Å²) < 4.78 is 69.4. The standard InChI is InChI=1S/C19H13F3N4O4S2/c1-31-19-23-9-8-14(24-19)16(25-28)17(27)10-4-2-7-13(15(10)22)26-32(29,30)18-11(20)5-3-6-12(18)21/h2-9,26,28H,1H3/b25-16+. The number of carbonyl (C=O) groups excluding carboxylic acids is 1. The third kappa shape index (κ3) is 4.57. The molecule has 1 aromatic heterocycles. The molecule has 0 amide bonds. The van der Waals surface area contributed by atoms with Gasteiger partial charge in [0, 0.05) is 6.20 Å². The highest BCUT2D eigenvalue weighted by Crippen LogP contribution is 2.25. The maximum Gasteiger partial charge on any atom is 0.267 e. The molecule has 0 atom stereocenters. The summed E-state index contributed by atoms with van der Waals surface area (Å²) in [4.78, 5) is 19.4. The number of nitrogens with one attached hydrogen (secondary N) is 1. The van der Waals surface area contributed by atoms with Crippen molar-refractivity contribution in [3.05, 3.63) is 77.4 Å². The summed E-state index contributed by atoms with van der Waals surface area (Å²) in [6, 6.07) is 6.78. The summed E-state index contributed by atoms with van der Waals surface area (Å²) >= 11 is 1.15. The van der Waals surface area contributed by atoms with Gasteiger partial charge < -0.3 is 5.21 Å². The Labute approximate surface area is 184 Å². The second-order valence-electron chi connectivity index (χ2n) is 6.03. The van der Waals surface area contributed by atoms with Gasteiger partial charge in [0.2, 0.25) is 5.78 Å². The number of rotatable bonds is 7. The Kier molecular flexibility index (Phi) is 6.79. The number of benzene rings is 2. The van der Waals surface area contributed by atoms with Crippen LogP contribution in [0.3, 0.4) is 0 Å². The van der Waals surface area contributed by atoms with Crippen molar-refractivity contribution >= 4 is 39.0 Å². The van der Waals surface area contributed by atoms with E-state index in [1.54, 1.807) is 11.0 Å².